The van der Waals surface area contributed by atoms with Gasteiger partial charge in [-0.2, -0.15) is 0 Å². The van der Waals surface area contributed by atoms with Crippen LogP contribution in [-0.2, 0) is 42.5 Å². The van der Waals surface area contributed by atoms with Gasteiger partial charge < -0.3 is 20.1 Å². The van der Waals surface area contributed by atoms with Crippen molar-refractivity contribution in [1.82, 2.24) is 0 Å². The Bertz CT molecular complexity index is 2690. The third-order valence-electron chi connectivity index (χ3n) is 7.78. The number of hydrogen-bond donors (Lipinski definition) is 4. The molecule has 2 amide bonds. The van der Waals surface area contributed by atoms with Gasteiger partial charge in [0.25, 0.3) is 0 Å². The molecular formula is C40H32Cl4N4O8S2. The number of para-hydroxylation sites is 1. The van der Waals surface area contributed by atoms with E-state index in [0.717, 1.165) is 0 Å². The monoisotopic (exact) mass is 900 g/mol. The second-order valence-corrected chi connectivity index (χ2v) is 16.9. The molecule has 12 nitrogen and oxygen atoms in total. The summed E-state index contributed by atoms with van der Waals surface area (Å²) in [4.78, 5) is 24.1. The Balaban J connectivity index is 0.000000221. The maximum atomic E-state index is 12.3. The summed E-state index contributed by atoms with van der Waals surface area (Å²) in [5.74, 6) is -0.0453. The van der Waals surface area contributed by atoms with E-state index in [0.29, 0.717) is 37.0 Å². The lowest BCUT2D eigenvalue weighted by molar-refractivity contribution is -0.116. The molecule has 0 saturated heterocycles. The van der Waals surface area contributed by atoms with Crippen molar-refractivity contribution in [2.24, 2.45) is 10.3 Å². The summed E-state index contributed by atoms with van der Waals surface area (Å²) in [6, 6.07) is 35.2. The van der Waals surface area contributed by atoms with Crippen LogP contribution in [0.25, 0.3) is 0 Å². The van der Waals surface area contributed by atoms with Crippen molar-refractivity contribution in [3.8, 4) is 23.0 Å². The Labute approximate surface area is 354 Å². The number of benzene rings is 6. The molecule has 18 heteroatoms. The minimum absolute atomic E-state index is 0.00953. The number of carbonyl (C=O) groups excluding carboxylic acids is 2. The van der Waals surface area contributed by atoms with Crippen molar-refractivity contribution in [3.63, 3.8) is 0 Å². The fraction of sp³-hybridized carbons (Fsp3) is 0.0500. The largest absolute Gasteiger partial charge is 0.456 e. The highest BCUT2D eigenvalue weighted by atomic mass is 35.5. The highest BCUT2D eigenvalue weighted by molar-refractivity contribution is 7.89. The van der Waals surface area contributed by atoms with Crippen LogP contribution >= 0.6 is 46.4 Å². The number of halogens is 4. The fourth-order valence-corrected chi connectivity index (χ4v) is 7.17. The first-order valence-electron chi connectivity index (χ1n) is 16.7. The molecule has 58 heavy (non-hydrogen) atoms. The van der Waals surface area contributed by atoms with Crippen LogP contribution in [0, 0.1) is 0 Å². The SMILES string of the molecule is NS(=O)(=O)c1cc(NC(=O)Cc2ccccc2Cl)ccc1Oc1ccc(Cl)cc1.NS(=O)(=O)c1cc(NC(=O)Cc2ccccc2Cl)ccc1Oc1ccccc1Cl. The van der Waals surface area contributed by atoms with Crippen molar-refractivity contribution in [3.05, 3.63) is 165 Å². The minimum atomic E-state index is -4.13. The number of nitrogens with one attached hydrogen (secondary N) is 2. The quantitative estimate of drug-likeness (QED) is 0.0932. The number of carbonyl (C=O) groups is 2. The van der Waals surface area contributed by atoms with Crippen molar-refractivity contribution in [2.75, 3.05) is 10.6 Å². The summed E-state index contributed by atoms with van der Waals surface area (Å²) in [5, 5.41) is 17.7. The Kier molecular flexibility index (Phi) is 14.8. The van der Waals surface area contributed by atoms with Gasteiger partial charge in [0.15, 0.2) is 0 Å². The topological polar surface area (TPSA) is 197 Å². The first-order chi connectivity index (χ1) is 27.5. The Morgan fingerprint density at radius 1 is 0.500 bits per heavy atom. The second-order valence-electron chi connectivity index (χ2n) is 12.1. The van der Waals surface area contributed by atoms with Crippen molar-refractivity contribution in [2.45, 2.75) is 22.6 Å². The average Bonchev–Trinajstić information content (AvgIpc) is 3.16. The summed E-state index contributed by atoms with van der Waals surface area (Å²) >= 11 is 24.0. The molecule has 0 aliphatic carbocycles. The van der Waals surface area contributed by atoms with Gasteiger partial charge in [0, 0.05) is 26.4 Å². The van der Waals surface area contributed by atoms with Gasteiger partial charge in [-0.3, -0.25) is 9.59 Å². The van der Waals surface area contributed by atoms with E-state index < -0.39 is 20.0 Å². The molecule has 6 aromatic carbocycles. The van der Waals surface area contributed by atoms with Crippen LogP contribution in [0.5, 0.6) is 23.0 Å². The van der Waals surface area contributed by atoms with E-state index >= 15 is 0 Å². The lowest BCUT2D eigenvalue weighted by Gasteiger charge is -2.13. The lowest BCUT2D eigenvalue weighted by Crippen LogP contribution is -2.17. The number of amides is 2. The molecule has 6 aromatic rings. The Morgan fingerprint density at radius 3 is 1.34 bits per heavy atom. The number of primary sulfonamides is 2. The fourth-order valence-electron chi connectivity index (χ4n) is 5.10. The molecule has 0 aliphatic heterocycles. The summed E-state index contributed by atoms with van der Waals surface area (Å²) < 4.78 is 59.3. The summed E-state index contributed by atoms with van der Waals surface area (Å²) in [6.07, 6.45) is 0.0651. The van der Waals surface area contributed by atoms with Gasteiger partial charge in [-0.1, -0.05) is 94.9 Å². The first-order valence-corrected chi connectivity index (χ1v) is 21.3. The number of hydrogen-bond acceptors (Lipinski definition) is 8. The van der Waals surface area contributed by atoms with Gasteiger partial charge in [0.05, 0.1) is 17.9 Å². The van der Waals surface area contributed by atoms with Crippen LogP contribution in [0.2, 0.25) is 20.1 Å². The second kappa shape index (κ2) is 19.5. The van der Waals surface area contributed by atoms with Crippen molar-refractivity contribution in [1.29, 1.82) is 0 Å². The zero-order chi connectivity index (χ0) is 42.0. The molecule has 0 spiro atoms. The zero-order valence-electron chi connectivity index (χ0n) is 29.9. The van der Waals surface area contributed by atoms with E-state index in [9.17, 15) is 26.4 Å². The van der Waals surface area contributed by atoms with E-state index in [4.69, 9.17) is 66.2 Å². The zero-order valence-corrected chi connectivity index (χ0v) is 34.5. The highest BCUT2D eigenvalue weighted by Gasteiger charge is 2.20. The molecule has 0 saturated carbocycles. The molecule has 0 fully saturated rings. The van der Waals surface area contributed by atoms with Gasteiger partial charge in [0.1, 0.15) is 32.8 Å². The average molecular weight is 903 g/mol. The van der Waals surface area contributed by atoms with Crippen LogP contribution in [0.3, 0.4) is 0 Å². The van der Waals surface area contributed by atoms with Gasteiger partial charge in [-0.25, -0.2) is 27.1 Å². The van der Waals surface area contributed by atoms with Gasteiger partial charge in [-0.15, -0.1) is 0 Å². The van der Waals surface area contributed by atoms with Gasteiger partial charge >= 0.3 is 0 Å². The van der Waals surface area contributed by atoms with Crippen LogP contribution in [0.15, 0.2) is 143 Å². The number of nitrogens with two attached hydrogens (primary N) is 2. The predicted molar refractivity (Wildman–Crippen MR) is 226 cm³/mol. The van der Waals surface area contributed by atoms with E-state index in [1.807, 2.05) is 0 Å². The molecule has 0 atom stereocenters. The lowest BCUT2D eigenvalue weighted by atomic mass is 10.1. The summed E-state index contributed by atoms with van der Waals surface area (Å²) in [7, 11) is -8.24. The highest BCUT2D eigenvalue weighted by Crippen LogP contribution is 2.35. The summed E-state index contributed by atoms with van der Waals surface area (Å²) in [5.41, 5.74) is 1.81. The van der Waals surface area contributed by atoms with Crippen LogP contribution in [-0.4, -0.2) is 28.6 Å². The van der Waals surface area contributed by atoms with Crippen molar-refractivity contribution >= 4 is 89.6 Å². The van der Waals surface area contributed by atoms with Crippen LogP contribution < -0.4 is 30.4 Å². The van der Waals surface area contributed by atoms with Crippen molar-refractivity contribution < 1.29 is 35.9 Å². The Morgan fingerprint density at radius 2 is 0.914 bits per heavy atom. The molecule has 6 rings (SSSR count). The minimum Gasteiger partial charge on any atom is -0.456 e. The number of rotatable bonds is 12. The molecule has 300 valence electrons. The standard InChI is InChI=1S/2C20H16Cl2N2O4S/c21-15-6-2-1-5-13(15)11-20(25)24-14-9-10-18(19(12-14)29(23,26)27)28-17-8-4-3-7-16(17)22;21-14-5-8-16(9-6-14)28-18-10-7-15(12-19(18)29(23,26)27)24-20(25)11-13-3-1-2-4-17(13)22/h2*1-10,12H,11H2,(H,24,25)(H2,23,26,27). The number of anilines is 2. The predicted octanol–water partition coefficient (Wildman–Crippen LogP) is 9.23. The smallest absolute Gasteiger partial charge is 0.241 e. The first kappa shape index (κ1) is 44.0. The van der Waals surface area contributed by atoms with E-state index in [1.54, 1.807) is 97.1 Å². The molecule has 0 aromatic heterocycles. The third-order valence-corrected chi connectivity index (χ3v) is 10.9. The molecular weight excluding hydrogens is 870 g/mol. The molecule has 0 unspecified atom stereocenters. The number of ether oxygens (including phenoxy) is 2. The molecule has 0 heterocycles. The normalized spacial score (nSPS) is 11.1. The van der Waals surface area contributed by atoms with E-state index in [-0.39, 0.29) is 63.1 Å². The van der Waals surface area contributed by atoms with Crippen LogP contribution in [0.1, 0.15) is 11.1 Å². The molecule has 6 N–H and O–H groups in total. The molecule has 0 radical (unpaired) electrons. The maximum absolute atomic E-state index is 12.3. The Hall–Kier alpha value is -5.16. The van der Waals surface area contributed by atoms with E-state index in [2.05, 4.69) is 10.6 Å². The molecule has 0 bridgehead atoms. The van der Waals surface area contributed by atoms with Gasteiger partial charge in [0.2, 0.25) is 31.9 Å². The van der Waals surface area contributed by atoms with E-state index in [1.165, 1.54) is 36.4 Å². The molecule has 0 aliphatic rings. The van der Waals surface area contributed by atoms with Crippen LogP contribution in [0.4, 0.5) is 11.4 Å². The maximum Gasteiger partial charge on any atom is 0.241 e. The van der Waals surface area contributed by atoms with Gasteiger partial charge in [-0.05, 0) is 96.1 Å². The summed E-state index contributed by atoms with van der Waals surface area (Å²) in [6.45, 7) is 0. The number of sulfonamides is 2. The third kappa shape index (κ3) is 12.7.